The molecule has 2 aliphatic heterocycles. The minimum absolute atomic E-state index is 0. The summed E-state index contributed by atoms with van der Waals surface area (Å²) in [6.45, 7) is 2.02. The lowest BCUT2D eigenvalue weighted by Gasteiger charge is -2.31. The molecule has 0 aliphatic carbocycles. The average molecular weight is 500 g/mol. The van der Waals surface area contributed by atoms with E-state index in [4.69, 9.17) is 0 Å². The first kappa shape index (κ1) is 23.2. The van der Waals surface area contributed by atoms with Crippen molar-refractivity contribution in [2.75, 3.05) is 18.0 Å². The molecule has 2 N–H and O–H groups in total. The molecule has 0 radical (unpaired) electrons. The number of para-hydroxylation sites is 1. The van der Waals surface area contributed by atoms with Crippen LogP contribution in [0.1, 0.15) is 12.0 Å². The Balaban J connectivity index is 0.00000259. The molecular weight excluding hydrogens is 478 g/mol. The minimum atomic E-state index is -1.59. The second kappa shape index (κ2) is 10.8. The molecule has 2 aliphatic rings. The van der Waals surface area contributed by atoms with Gasteiger partial charge >= 0.3 is 0 Å². The lowest BCUT2D eigenvalue weighted by Crippen LogP contribution is -2.39. The van der Waals surface area contributed by atoms with Crippen molar-refractivity contribution in [2.24, 2.45) is 8.80 Å². The van der Waals surface area contributed by atoms with Crippen molar-refractivity contribution < 1.29 is 4.21 Å². The van der Waals surface area contributed by atoms with E-state index in [-0.39, 0.29) is 12.4 Å². The first-order valence-corrected chi connectivity index (χ1v) is 12.1. The summed E-state index contributed by atoms with van der Waals surface area (Å²) in [5, 5.41) is 6.49. The Morgan fingerprint density at radius 1 is 0.909 bits per heavy atom. The number of hydrogen-bond donors (Lipinski definition) is 2. The first-order valence-electron chi connectivity index (χ1n) is 10.2. The van der Waals surface area contributed by atoms with Gasteiger partial charge < -0.3 is 15.5 Å². The Morgan fingerprint density at radius 3 is 2.52 bits per heavy atom. The fraction of sp³-hybridized carbons (Fsp3) is 0.182. The highest BCUT2D eigenvalue weighted by atomic mass is 35.5. The van der Waals surface area contributed by atoms with Crippen LogP contribution in [0.25, 0.3) is 0 Å². The molecule has 1 unspecified atom stereocenters. The highest BCUT2D eigenvalue weighted by Gasteiger charge is 2.24. The highest BCUT2D eigenvalue weighted by Crippen LogP contribution is 2.46. The van der Waals surface area contributed by atoms with Crippen LogP contribution in [-0.4, -0.2) is 38.9 Å². The van der Waals surface area contributed by atoms with Crippen molar-refractivity contribution in [3.8, 4) is 0 Å². The summed E-state index contributed by atoms with van der Waals surface area (Å²) >= 11 is 0.155. The third-order valence-electron chi connectivity index (χ3n) is 5.01. The molecule has 0 bridgehead atoms. The number of rotatable bonds is 6. The highest BCUT2D eigenvalue weighted by molar-refractivity contribution is 7.99. The number of anilines is 2. The molecule has 0 fully saturated rings. The van der Waals surface area contributed by atoms with E-state index in [1.54, 1.807) is 24.2 Å². The number of pyridine rings is 2. The van der Waals surface area contributed by atoms with E-state index in [1.165, 1.54) is 10.6 Å². The zero-order chi connectivity index (χ0) is 21.8. The average Bonchev–Trinajstić information content (AvgIpc) is 3.19. The van der Waals surface area contributed by atoms with Gasteiger partial charge in [0.25, 0.3) is 11.2 Å². The standard InChI is InChI=1S/C22H21N7OS2.ClH/c30-32-27-20(21(28-32)26-15-16-8-12-23-13-9-16)24-11-4-14-29-17-5-1-2-6-18(17)31-19-7-3-10-25-22(19)29;/h1-3,5-10,12-13H,4,11,14-15H2,(H,24,27)(H,26,28);1H. The number of hydrogen-bond acceptors (Lipinski definition) is 7. The van der Waals surface area contributed by atoms with E-state index in [0.717, 1.165) is 29.2 Å². The van der Waals surface area contributed by atoms with Gasteiger partial charge in [0.05, 0.1) is 10.6 Å². The van der Waals surface area contributed by atoms with Crippen LogP contribution >= 0.6 is 24.2 Å². The Hall–Kier alpha value is -2.95. The summed E-state index contributed by atoms with van der Waals surface area (Å²) in [5.74, 6) is 2.04. The van der Waals surface area contributed by atoms with Crippen molar-refractivity contribution in [1.29, 1.82) is 0 Å². The zero-order valence-corrected chi connectivity index (χ0v) is 20.0. The maximum absolute atomic E-state index is 11.9. The van der Waals surface area contributed by atoms with Crippen LogP contribution in [0, 0.1) is 0 Å². The third kappa shape index (κ3) is 5.35. The molecule has 0 saturated heterocycles. The summed E-state index contributed by atoms with van der Waals surface area (Å²) in [6.07, 6.45) is 6.16. The van der Waals surface area contributed by atoms with Crippen molar-refractivity contribution in [3.63, 3.8) is 0 Å². The van der Waals surface area contributed by atoms with Crippen molar-refractivity contribution in [3.05, 3.63) is 72.7 Å². The van der Waals surface area contributed by atoms with Crippen molar-refractivity contribution >= 4 is 58.5 Å². The largest absolute Gasteiger partial charge is 0.366 e. The zero-order valence-electron chi connectivity index (χ0n) is 17.5. The van der Waals surface area contributed by atoms with Crippen LogP contribution in [0.2, 0.25) is 0 Å². The second-order valence-corrected chi connectivity index (χ2v) is 9.06. The van der Waals surface area contributed by atoms with Crippen LogP contribution in [0.4, 0.5) is 11.5 Å². The van der Waals surface area contributed by atoms with E-state index in [0.29, 0.717) is 24.8 Å². The Kier molecular flexibility index (Phi) is 7.58. The Bertz CT molecular complexity index is 1160. The number of benzene rings is 1. The fourth-order valence-electron chi connectivity index (χ4n) is 3.52. The molecule has 1 aromatic carbocycles. The van der Waals surface area contributed by atoms with Gasteiger partial charge in [-0.15, -0.1) is 21.2 Å². The summed E-state index contributed by atoms with van der Waals surface area (Å²) in [6, 6.07) is 16.3. The molecule has 8 nitrogen and oxygen atoms in total. The number of halogens is 1. The number of aromatic nitrogens is 2. The molecular formula is C22H22ClN7OS2. The lowest BCUT2D eigenvalue weighted by atomic mass is 10.2. The predicted molar refractivity (Wildman–Crippen MR) is 136 cm³/mol. The van der Waals surface area contributed by atoms with Gasteiger partial charge in [-0.3, -0.25) is 4.98 Å². The van der Waals surface area contributed by atoms with Gasteiger partial charge in [-0.1, -0.05) is 23.9 Å². The first-order chi connectivity index (χ1) is 15.8. The van der Waals surface area contributed by atoms with Gasteiger partial charge in [-0.2, -0.15) is 0 Å². The van der Waals surface area contributed by atoms with E-state index < -0.39 is 11.2 Å². The molecule has 4 heterocycles. The van der Waals surface area contributed by atoms with Crippen LogP contribution in [0.5, 0.6) is 0 Å². The van der Waals surface area contributed by atoms with Gasteiger partial charge in [-0.25, -0.2) is 9.19 Å². The molecule has 2 aromatic heterocycles. The molecule has 11 heteroatoms. The van der Waals surface area contributed by atoms with Crippen LogP contribution in [0.15, 0.2) is 85.7 Å². The van der Waals surface area contributed by atoms with Crippen molar-refractivity contribution in [1.82, 2.24) is 20.6 Å². The topological polar surface area (TPSA) is 94.9 Å². The van der Waals surface area contributed by atoms with Gasteiger partial charge in [-0.05, 0) is 48.4 Å². The van der Waals surface area contributed by atoms with Gasteiger partial charge in [0.2, 0.25) is 0 Å². The van der Waals surface area contributed by atoms with Crippen LogP contribution in [-0.2, 0) is 17.7 Å². The number of fused-ring (bicyclic) bond motifs is 2. The van der Waals surface area contributed by atoms with E-state index in [1.807, 2.05) is 24.4 Å². The molecule has 0 amide bonds. The molecule has 1 atom stereocenters. The lowest BCUT2D eigenvalue weighted by molar-refractivity contribution is 0.686. The Morgan fingerprint density at radius 2 is 1.67 bits per heavy atom. The van der Waals surface area contributed by atoms with Gasteiger partial charge in [0.1, 0.15) is 5.82 Å². The molecule has 0 saturated carbocycles. The van der Waals surface area contributed by atoms with Crippen molar-refractivity contribution in [2.45, 2.75) is 22.8 Å². The Labute approximate surface area is 205 Å². The SMILES string of the molecule is Cl.O=S1N=C(NCCCN2c3ccccc3Sc3cccnc32)C(NCc2ccncc2)=N1. The predicted octanol–water partition coefficient (Wildman–Crippen LogP) is 3.66. The van der Waals surface area contributed by atoms with E-state index >= 15 is 0 Å². The van der Waals surface area contributed by atoms with Crippen LogP contribution in [0.3, 0.4) is 0 Å². The smallest absolute Gasteiger partial charge is 0.269 e. The van der Waals surface area contributed by atoms with Crippen LogP contribution < -0.4 is 15.5 Å². The normalized spacial score (nSPS) is 16.1. The summed E-state index contributed by atoms with van der Waals surface area (Å²) in [5.41, 5.74) is 2.23. The third-order valence-corrected chi connectivity index (χ3v) is 6.79. The maximum Gasteiger partial charge on any atom is 0.269 e. The van der Waals surface area contributed by atoms with Gasteiger partial charge in [0, 0.05) is 43.1 Å². The van der Waals surface area contributed by atoms with Gasteiger partial charge in [0.15, 0.2) is 11.7 Å². The number of nitrogens with one attached hydrogen (secondary N) is 2. The summed E-state index contributed by atoms with van der Waals surface area (Å²) in [7, 11) is 0. The van der Waals surface area contributed by atoms with E-state index in [9.17, 15) is 4.21 Å². The molecule has 5 rings (SSSR count). The summed E-state index contributed by atoms with van der Waals surface area (Å²) < 4.78 is 20.1. The quantitative estimate of drug-likeness (QED) is 0.500. The fourth-order valence-corrected chi connectivity index (χ4v) is 5.24. The summed E-state index contributed by atoms with van der Waals surface area (Å²) in [4.78, 5) is 13.3. The molecule has 0 spiro atoms. The minimum Gasteiger partial charge on any atom is -0.366 e. The number of amidine groups is 2. The number of nitrogens with zero attached hydrogens (tertiary/aromatic N) is 5. The molecule has 170 valence electrons. The monoisotopic (exact) mass is 499 g/mol. The second-order valence-electron chi connectivity index (χ2n) is 7.15. The van der Waals surface area contributed by atoms with E-state index in [2.05, 4.69) is 64.6 Å². The molecule has 3 aromatic rings. The molecule has 33 heavy (non-hydrogen) atoms. The maximum atomic E-state index is 11.9.